The van der Waals surface area contributed by atoms with E-state index in [2.05, 4.69) is 41.5 Å². The second kappa shape index (κ2) is 5.30. The number of nitrogens with zero attached hydrogens (tertiary/aromatic N) is 1. The number of aromatic nitrogens is 2. The molecule has 1 atom stereocenters. The first kappa shape index (κ1) is 11.4. The minimum atomic E-state index is 0.817. The van der Waals surface area contributed by atoms with E-state index in [1.54, 1.807) is 0 Å². The zero-order valence-electron chi connectivity index (χ0n) is 10.2. The van der Waals surface area contributed by atoms with E-state index >= 15 is 0 Å². The van der Waals surface area contributed by atoms with E-state index in [0.29, 0.717) is 0 Å². The van der Waals surface area contributed by atoms with Crippen molar-refractivity contribution in [3.05, 3.63) is 29.1 Å². The van der Waals surface area contributed by atoms with E-state index in [9.17, 15) is 0 Å². The molecule has 3 nitrogen and oxygen atoms in total. The predicted octanol–water partition coefficient (Wildman–Crippen LogP) is 2.47. The molecular weight excluding hydrogens is 198 g/mol. The standard InChI is InChI=1S/C13H21N3/c1-10-13(11(2)16-15-10)9-14-8-12-6-4-3-5-7-12/h3-4,12,14H,5-9H2,1-2H3,(H,15,16)/t12-/m0/s1. The normalized spacial score (nSPS) is 20.2. The van der Waals surface area contributed by atoms with E-state index in [4.69, 9.17) is 0 Å². The first-order chi connectivity index (χ1) is 7.77. The fourth-order valence-corrected chi connectivity index (χ4v) is 2.28. The molecule has 1 aromatic heterocycles. The number of H-pyrrole nitrogens is 1. The number of allylic oxidation sites excluding steroid dienone is 2. The smallest absolute Gasteiger partial charge is 0.0638 e. The predicted molar refractivity (Wildman–Crippen MR) is 66.2 cm³/mol. The van der Waals surface area contributed by atoms with E-state index in [-0.39, 0.29) is 0 Å². The van der Waals surface area contributed by atoms with Gasteiger partial charge in [0.15, 0.2) is 0 Å². The van der Waals surface area contributed by atoms with Crippen LogP contribution in [0.15, 0.2) is 12.2 Å². The van der Waals surface area contributed by atoms with Crippen molar-refractivity contribution in [2.24, 2.45) is 5.92 Å². The van der Waals surface area contributed by atoms with Crippen LogP contribution in [0, 0.1) is 19.8 Å². The molecule has 0 aliphatic heterocycles. The average Bonchev–Trinajstić information content (AvgIpc) is 2.62. The van der Waals surface area contributed by atoms with Crippen molar-refractivity contribution in [2.75, 3.05) is 6.54 Å². The molecule has 0 spiro atoms. The van der Waals surface area contributed by atoms with Crippen LogP contribution in [0.1, 0.15) is 36.2 Å². The van der Waals surface area contributed by atoms with Crippen molar-refractivity contribution in [3.8, 4) is 0 Å². The SMILES string of the molecule is Cc1n[nH]c(C)c1CNC[C@H]1CC=CCC1. The van der Waals surface area contributed by atoms with Gasteiger partial charge in [-0.2, -0.15) is 5.10 Å². The highest BCUT2D eigenvalue weighted by Gasteiger charge is 2.10. The molecule has 0 radical (unpaired) electrons. The van der Waals surface area contributed by atoms with Gasteiger partial charge in [-0.1, -0.05) is 12.2 Å². The van der Waals surface area contributed by atoms with Crippen LogP contribution in [0.25, 0.3) is 0 Å². The summed E-state index contributed by atoms with van der Waals surface area (Å²) in [5.74, 6) is 0.817. The fraction of sp³-hybridized carbons (Fsp3) is 0.615. The van der Waals surface area contributed by atoms with Gasteiger partial charge < -0.3 is 5.32 Å². The third-order valence-corrected chi connectivity index (χ3v) is 3.39. The molecule has 2 N–H and O–H groups in total. The van der Waals surface area contributed by atoms with Crippen molar-refractivity contribution in [2.45, 2.75) is 39.7 Å². The van der Waals surface area contributed by atoms with Gasteiger partial charge in [-0.15, -0.1) is 0 Å². The summed E-state index contributed by atoms with van der Waals surface area (Å²) in [6.45, 7) is 6.20. The molecule has 0 bridgehead atoms. The Hall–Kier alpha value is -1.09. The Bertz CT molecular complexity index is 346. The summed E-state index contributed by atoms with van der Waals surface area (Å²) < 4.78 is 0. The number of hydrogen-bond acceptors (Lipinski definition) is 2. The largest absolute Gasteiger partial charge is 0.312 e. The molecule has 1 heterocycles. The summed E-state index contributed by atoms with van der Waals surface area (Å²) in [7, 11) is 0. The second-order valence-corrected chi connectivity index (χ2v) is 4.69. The Morgan fingerprint density at radius 3 is 2.94 bits per heavy atom. The Labute approximate surface area is 97.3 Å². The minimum Gasteiger partial charge on any atom is -0.312 e. The molecule has 0 aromatic carbocycles. The number of aromatic amines is 1. The molecule has 0 unspecified atom stereocenters. The van der Waals surface area contributed by atoms with E-state index < -0.39 is 0 Å². The van der Waals surface area contributed by atoms with E-state index in [1.807, 2.05) is 0 Å². The van der Waals surface area contributed by atoms with Crippen LogP contribution in [-0.2, 0) is 6.54 Å². The Kier molecular flexibility index (Phi) is 3.78. The molecule has 1 aliphatic rings. The molecule has 2 rings (SSSR count). The van der Waals surface area contributed by atoms with Gasteiger partial charge in [0.25, 0.3) is 0 Å². The van der Waals surface area contributed by atoms with Crippen LogP contribution in [0.5, 0.6) is 0 Å². The summed E-state index contributed by atoms with van der Waals surface area (Å²) >= 11 is 0. The fourth-order valence-electron chi connectivity index (χ4n) is 2.28. The lowest BCUT2D eigenvalue weighted by atomic mass is 9.94. The van der Waals surface area contributed by atoms with Crippen molar-refractivity contribution < 1.29 is 0 Å². The van der Waals surface area contributed by atoms with Crippen molar-refractivity contribution in [3.63, 3.8) is 0 Å². The Balaban J connectivity index is 1.77. The van der Waals surface area contributed by atoms with Gasteiger partial charge in [-0.3, -0.25) is 5.10 Å². The van der Waals surface area contributed by atoms with Crippen LogP contribution >= 0.6 is 0 Å². The second-order valence-electron chi connectivity index (χ2n) is 4.69. The summed E-state index contributed by atoms with van der Waals surface area (Å²) in [5.41, 5.74) is 3.63. The first-order valence-electron chi connectivity index (χ1n) is 6.13. The Morgan fingerprint density at radius 1 is 1.44 bits per heavy atom. The van der Waals surface area contributed by atoms with Crippen molar-refractivity contribution in [1.29, 1.82) is 0 Å². The van der Waals surface area contributed by atoms with Crippen LogP contribution in [0.4, 0.5) is 0 Å². The molecular formula is C13H21N3. The van der Waals surface area contributed by atoms with Gasteiger partial charge in [0.1, 0.15) is 0 Å². The van der Waals surface area contributed by atoms with Crippen LogP contribution < -0.4 is 5.32 Å². The van der Waals surface area contributed by atoms with Gasteiger partial charge in [0.2, 0.25) is 0 Å². The average molecular weight is 219 g/mol. The number of hydrogen-bond donors (Lipinski definition) is 2. The highest BCUT2D eigenvalue weighted by Crippen LogP contribution is 2.17. The third-order valence-electron chi connectivity index (χ3n) is 3.39. The molecule has 3 heteroatoms. The molecule has 0 saturated carbocycles. The zero-order chi connectivity index (χ0) is 11.4. The van der Waals surface area contributed by atoms with Crippen molar-refractivity contribution in [1.82, 2.24) is 15.5 Å². The van der Waals surface area contributed by atoms with E-state index in [0.717, 1.165) is 24.7 Å². The quantitative estimate of drug-likeness (QED) is 0.764. The van der Waals surface area contributed by atoms with Gasteiger partial charge >= 0.3 is 0 Å². The highest BCUT2D eigenvalue weighted by molar-refractivity contribution is 5.22. The third kappa shape index (κ3) is 2.73. The molecule has 88 valence electrons. The van der Waals surface area contributed by atoms with Gasteiger partial charge in [0, 0.05) is 17.8 Å². The molecule has 1 aliphatic carbocycles. The molecule has 0 fully saturated rings. The molecule has 16 heavy (non-hydrogen) atoms. The monoisotopic (exact) mass is 219 g/mol. The maximum Gasteiger partial charge on any atom is 0.0638 e. The van der Waals surface area contributed by atoms with E-state index in [1.165, 1.54) is 30.5 Å². The van der Waals surface area contributed by atoms with Gasteiger partial charge in [-0.25, -0.2) is 0 Å². The summed E-state index contributed by atoms with van der Waals surface area (Å²) in [4.78, 5) is 0. The first-order valence-corrected chi connectivity index (χ1v) is 6.13. The topological polar surface area (TPSA) is 40.7 Å². The highest BCUT2D eigenvalue weighted by atomic mass is 15.1. The Morgan fingerprint density at radius 2 is 2.31 bits per heavy atom. The van der Waals surface area contributed by atoms with Gasteiger partial charge in [0.05, 0.1) is 5.69 Å². The van der Waals surface area contributed by atoms with Gasteiger partial charge in [-0.05, 0) is 45.6 Å². The maximum atomic E-state index is 4.21. The van der Waals surface area contributed by atoms with Crippen LogP contribution in [-0.4, -0.2) is 16.7 Å². The van der Waals surface area contributed by atoms with Crippen LogP contribution in [0.3, 0.4) is 0 Å². The maximum absolute atomic E-state index is 4.21. The van der Waals surface area contributed by atoms with Crippen LogP contribution in [0.2, 0.25) is 0 Å². The summed E-state index contributed by atoms with van der Waals surface area (Å²) in [6, 6.07) is 0. The molecule has 1 aromatic rings. The number of rotatable bonds is 4. The van der Waals surface area contributed by atoms with Crippen molar-refractivity contribution >= 4 is 0 Å². The minimum absolute atomic E-state index is 0.817. The summed E-state index contributed by atoms with van der Waals surface area (Å²) in [6.07, 6.45) is 8.41. The lowest BCUT2D eigenvalue weighted by molar-refractivity contribution is 0.440. The summed E-state index contributed by atoms with van der Waals surface area (Å²) in [5, 5.41) is 10.8. The lowest BCUT2D eigenvalue weighted by Gasteiger charge is -2.18. The number of aryl methyl sites for hydroxylation is 2. The lowest BCUT2D eigenvalue weighted by Crippen LogP contribution is -2.23. The number of nitrogens with one attached hydrogen (secondary N) is 2. The zero-order valence-corrected chi connectivity index (χ0v) is 10.2. The molecule has 0 amide bonds. The molecule has 0 saturated heterocycles.